The van der Waals surface area contributed by atoms with E-state index in [1.807, 2.05) is 18.6 Å². The van der Waals surface area contributed by atoms with Gasteiger partial charge in [0.15, 0.2) is 5.16 Å². The Bertz CT molecular complexity index is 758. The fourth-order valence-electron chi connectivity index (χ4n) is 2.36. The molecular formula is C16H19FN6S2. The summed E-state index contributed by atoms with van der Waals surface area (Å²) in [6.45, 7) is 1.99. The summed E-state index contributed by atoms with van der Waals surface area (Å²) in [5.74, 6) is 0. The van der Waals surface area contributed by atoms with E-state index in [4.69, 9.17) is 5.73 Å². The lowest BCUT2D eigenvalue weighted by atomic mass is 10.3. The van der Waals surface area contributed by atoms with Crippen molar-refractivity contribution in [2.45, 2.75) is 11.7 Å². The molecule has 2 aromatic heterocycles. The molecule has 0 saturated heterocycles. The Morgan fingerprint density at radius 1 is 1.40 bits per heavy atom. The maximum atomic E-state index is 12.6. The zero-order valence-corrected chi connectivity index (χ0v) is 15.4. The second kappa shape index (κ2) is 8.41. The van der Waals surface area contributed by atoms with Crippen molar-refractivity contribution < 1.29 is 4.39 Å². The molecule has 0 unspecified atom stereocenters. The molecule has 3 heterocycles. The zero-order chi connectivity index (χ0) is 17.6. The largest absolute Gasteiger partial charge is 0.337 e. The third-order valence-electron chi connectivity index (χ3n) is 3.64. The van der Waals surface area contributed by atoms with Crippen LogP contribution in [0.25, 0.3) is 10.4 Å². The second-order valence-corrected chi connectivity index (χ2v) is 7.42. The number of halogens is 1. The molecule has 1 aliphatic rings. The van der Waals surface area contributed by atoms with Gasteiger partial charge in [0.25, 0.3) is 0 Å². The van der Waals surface area contributed by atoms with Gasteiger partial charge in [-0.2, -0.15) is 5.10 Å². The molecular weight excluding hydrogens is 359 g/mol. The number of thioether (sulfide) groups is 1. The lowest BCUT2D eigenvalue weighted by Gasteiger charge is -2.18. The SMILES string of the molecule is CSc1ncc(-c2ccc(CN3C=NN(C/C(=C/F)CN)C3)s2)cn1. The van der Waals surface area contributed by atoms with Gasteiger partial charge >= 0.3 is 0 Å². The third kappa shape index (κ3) is 4.56. The Hall–Kier alpha value is -1.97. The summed E-state index contributed by atoms with van der Waals surface area (Å²) >= 11 is 3.24. The van der Waals surface area contributed by atoms with Gasteiger partial charge < -0.3 is 10.6 Å². The van der Waals surface area contributed by atoms with E-state index in [0.717, 1.165) is 22.1 Å². The number of hydrazone groups is 1. The van der Waals surface area contributed by atoms with E-state index in [1.54, 1.807) is 22.7 Å². The number of hydrogen-bond acceptors (Lipinski definition) is 8. The minimum atomic E-state index is 0.203. The summed E-state index contributed by atoms with van der Waals surface area (Å²) in [5.41, 5.74) is 7.04. The van der Waals surface area contributed by atoms with Crippen LogP contribution in [0.4, 0.5) is 4.39 Å². The summed E-state index contributed by atoms with van der Waals surface area (Å²) in [4.78, 5) is 13.1. The Morgan fingerprint density at radius 3 is 2.88 bits per heavy atom. The fraction of sp³-hybridized carbons (Fsp3) is 0.312. The first kappa shape index (κ1) is 17.8. The van der Waals surface area contributed by atoms with Gasteiger partial charge in [-0.1, -0.05) is 11.8 Å². The van der Waals surface area contributed by atoms with Crippen molar-refractivity contribution in [3.63, 3.8) is 0 Å². The molecule has 0 aliphatic carbocycles. The monoisotopic (exact) mass is 378 g/mol. The molecule has 0 spiro atoms. The average molecular weight is 379 g/mol. The molecule has 0 saturated carbocycles. The first-order valence-electron chi connectivity index (χ1n) is 7.68. The van der Waals surface area contributed by atoms with Crippen LogP contribution in [0, 0.1) is 0 Å². The van der Waals surface area contributed by atoms with Gasteiger partial charge in [-0.05, 0) is 24.0 Å². The van der Waals surface area contributed by atoms with Crippen molar-refractivity contribution in [2.75, 3.05) is 26.0 Å². The molecule has 132 valence electrons. The highest BCUT2D eigenvalue weighted by atomic mass is 32.2. The molecule has 0 bridgehead atoms. The molecule has 0 aromatic carbocycles. The Morgan fingerprint density at radius 2 is 2.20 bits per heavy atom. The second-order valence-electron chi connectivity index (χ2n) is 5.48. The van der Waals surface area contributed by atoms with Gasteiger partial charge in [0.05, 0.1) is 19.4 Å². The number of thiophene rings is 1. The number of nitrogens with two attached hydrogens (primary N) is 1. The van der Waals surface area contributed by atoms with Crippen molar-refractivity contribution in [2.24, 2.45) is 10.8 Å². The minimum Gasteiger partial charge on any atom is -0.337 e. The quantitative estimate of drug-likeness (QED) is 0.590. The molecule has 0 fully saturated rings. The fourth-order valence-corrected chi connectivity index (χ4v) is 3.68. The first-order valence-corrected chi connectivity index (χ1v) is 9.72. The molecule has 0 atom stereocenters. The number of rotatable bonds is 7. The third-order valence-corrected chi connectivity index (χ3v) is 5.34. The highest BCUT2D eigenvalue weighted by Gasteiger charge is 2.16. The molecule has 2 aromatic rings. The van der Waals surface area contributed by atoms with Crippen molar-refractivity contribution in [3.05, 3.63) is 41.3 Å². The molecule has 0 amide bonds. The van der Waals surface area contributed by atoms with E-state index in [0.29, 0.717) is 25.1 Å². The van der Waals surface area contributed by atoms with E-state index in [2.05, 4.69) is 32.1 Å². The number of nitrogens with zero attached hydrogens (tertiary/aromatic N) is 5. The Balaban J connectivity index is 1.58. The van der Waals surface area contributed by atoms with Gasteiger partial charge in [-0.3, -0.25) is 5.01 Å². The predicted octanol–water partition coefficient (Wildman–Crippen LogP) is 2.76. The molecule has 9 heteroatoms. The average Bonchev–Trinajstić information content (AvgIpc) is 3.29. The Kier molecular flexibility index (Phi) is 6.00. The molecule has 3 rings (SSSR count). The lowest BCUT2D eigenvalue weighted by molar-refractivity contribution is 0.247. The van der Waals surface area contributed by atoms with Gasteiger partial charge in [-0.25, -0.2) is 14.4 Å². The zero-order valence-electron chi connectivity index (χ0n) is 13.8. The standard InChI is InChI=1S/C16H19FN6S2/c1-24-16-19-6-13(7-20-16)15-3-2-14(25-15)9-22-10-21-23(11-22)8-12(4-17)5-18/h2-4,6-7,10H,5,8-9,11,18H2,1H3/b12-4+. The van der Waals surface area contributed by atoms with Crippen LogP contribution in [0.3, 0.4) is 0 Å². The molecule has 1 aliphatic heterocycles. The van der Waals surface area contributed by atoms with Crippen molar-refractivity contribution in [1.29, 1.82) is 0 Å². The van der Waals surface area contributed by atoms with Crippen LogP contribution >= 0.6 is 23.1 Å². The van der Waals surface area contributed by atoms with Crippen LogP contribution in [-0.4, -0.2) is 52.2 Å². The normalized spacial score (nSPS) is 14.6. The van der Waals surface area contributed by atoms with Gasteiger partial charge in [0, 0.05) is 34.3 Å². The van der Waals surface area contributed by atoms with Crippen LogP contribution in [0.5, 0.6) is 0 Å². The van der Waals surface area contributed by atoms with E-state index in [-0.39, 0.29) is 6.54 Å². The topological polar surface area (TPSA) is 70.6 Å². The first-order chi connectivity index (χ1) is 12.2. The maximum Gasteiger partial charge on any atom is 0.187 e. The maximum absolute atomic E-state index is 12.6. The van der Waals surface area contributed by atoms with Crippen molar-refractivity contribution in [1.82, 2.24) is 19.9 Å². The van der Waals surface area contributed by atoms with Crippen LogP contribution < -0.4 is 5.73 Å². The van der Waals surface area contributed by atoms with Gasteiger partial charge in [-0.15, -0.1) is 11.3 Å². The van der Waals surface area contributed by atoms with E-state index >= 15 is 0 Å². The van der Waals surface area contributed by atoms with E-state index < -0.39 is 0 Å². The summed E-state index contributed by atoms with van der Waals surface area (Å²) in [6, 6.07) is 4.19. The smallest absolute Gasteiger partial charge is 0.187 e. The van der Waals surface area contributed by atoms with Crippen molar-refractivity contribution >= 4 is 29.4 Å². The van der Waals surface area contributed by atoms with Crippen LogP contribution in [0.2, 0.25) is 0 Å². The summed E-state index contributed by atoms with van der Waals surface area (Å²) in [6.07, 6.45) is 8.01. The van der Waals surface area contributed by atoms with E-state index in [1.165, 1.54) is 16.6 Å². The Labute approximate surface area is 154 Å². The van der Waals surface area contributed by atoms with Gasteiger partial charge in [0.2, 0.25) is 0 Å². The minimum absolute atomic E-state index is 0.203. The molecule has 0 radical (unpaired) electrons. The van der Waals surface area contributed by atoms with Gasteiger partial charge in [0.1, 0.15) is 13.0 Å². The number of aromatic nitrogens is 2. The van der Waals surface area contributed by atoms with E-state index in [9.17, 15) is 4.39 Å². The summed E-state index contributed by atoms with van der Waals surface area (Å²) in [7, 11) is 0. The summed E-state index contributed by atoms with van der Waals surface area (Å²) < 4.78 is 12.6. The lowest BCUT2D eigenvalue weighted by Crippen LogP contribution is -2.28. The predicted molar refractivity (Wildman–Crippen MR) is 101 cm³/mol. The molecule has 2 N–H and O–H groups in total. The van der Waals surface area contributed by atoms with Crippen LogP contribution in [-0.2, 0) is 6.54 Å². The highest BCUT2D eigenvalue weighted by Crippen LogP contribution is 2.28. The highest BCUT2D eigenvalue weighted by molar-refractivity contribution is 7.98. The molecule has 6 nitrogen and oxygen atoms in total. The summed E-state index contributed by atoms with van der Waals surface area (Å²) in [5, 5.41) is 6.85. The van der Waals surface area contributed by atoms with Crippen LogP contribution in [0.1, 0.15) is 4.88 Å². The van der Waals surface area contributed by atoms with Crippen LogP contribution in [0.15, 0.2) is 46.7 Å². The van der Waals surface area contributed by atoms with Crippen molar-refractivity contribution in [3.8, 4) is 10.4 Å². The number of hydrogen-bond donors (Lipinski definition) is 1. The molecule has 25 heavy (non-hydrogen) atoms.